The molecule has 0 saturated carbocycles. The topological polar surface area (TPSA) is 63.7 Å². The predicted molar refractivity (Wildman–Crippen MR) is 77.6 cm³/mol. The first kappa shape index (κ1) is 14.1. The maximum absolute atomic E-state index is 5.22. The van der Waals surface area contributed by atoms with Crippen molar-refractivity contribution in [3.63, 3.8) is 0 Å². The van der Waals surface area contributed by atoms with Crippen molar-refractivity contribution in [3.8, 4) is 0 Å². The average molecular weight is 274 g/mol. The maximum Gasteiger partial charge on any atom is 0.191 e. The summed E-state index contributed by atoms with van der Waals surface area (Å²) >= 11 is 10.2. The Morgan fingerprint density at radius 2 is 2.00 bits per heavy atom. The summed E-state index contributed by atoms with van der Waals surface area (Å²) < 4.78 is 0. The van der Waals surface area contributed by atoms with Gasteiger partial charge in [0.15, 0.2) is 10.2 Å². The Bertz CT molecular complexity index is 355. The molecule has 6 nitrogen and oxygen atoms in total. The molecule has 0 aromatic carbocycles. The van der Waals surface area contributed by atoms with Gasteiger partial charge in [0, 0.05) is 26.2 Å². The van der Waals surface area contributed by atoms with Crippen LogP contribution in [0.1, 0.15) is 20.3 Å². The Labute approximate surface area is 112 Å². The molecule has 17 heavy (non-hydrogen) atoms. The molecule has 0 radical (unpaired) electrons. The van der Waals surface area contributed by atoms with E-state index in [1.54, 1.807) is 19.1 Å². The average Bonchev–Trinajstić information content (AvgIpc) is 2.61. The zero-order valence-corrected chi connectivity index (χ0v) is 12.1. The molecule has 0 fully saturated rings. The van der Waals surface area contributed by atoms with Crippen LogP contribution in [-0.2, 0) is 0 Å². The van der Waals surface area contributed by atoms with Crippen LogP contribution in [0.4, 0.5) is 0 Å². The van der Waals surface area contributed by atoms with Crippen LogP contribution in [0.2, 0.25) is 0 Å². The molecular weight excluding hydrogens is 256 g/mol. The molecule has 0 aliphatic carbocycles. The molecule has 0 amide bonds. The van der Waals surface area contributed by atoms with E-state index in [1.165, 1.54) is 0 Å². The van der Waals surface area contributed by atoms with Crippen molar-refractivity contribution >= 4 is 40.4 Å². The van der Waals surface area contributed by atoms with Gasteiger partial charge in [-0.25, -0.2) is 10.4 Å². The summed E-state index contributed by atoms with van der Waals surface area (Å²) in [4.78, 5) is 0. The van der Waals surface area contributed by atoms with Crippen LogP contribution in [0, 0.1) is 0 Å². The summed E-state index contributed by atoms with van der Waals surface area (Å²) in [7, 11) is 3.53. The lowest BCUT2D eigenvalue weighted by Gasteiger charge is -2.35. The van der Waals surface area contributed by atoms with Crippen molar-refractivity contribution in [1.82, 2.24) is 26.5 Å². The highest BCUT2D eigenvalue weighted by Gasteiger charge is 2.39. The molecule has 0 aromatic heterocycles. The van der Waals surface area contributed by atoms with Crippen LogP contribution < -0.4 is 21.5 Å². The zero-order chi connectivity index (χ0) is 13.1. The minimum absolute atomic E-state index is 0.426. The molecule has 1 rings (SSSR count). The summed E-state index contributed by atoms with van der Waals surface area (Å²) in [6, 6.07) is 0. The quantitative estimate of drug-likeness (QED) is 0.414. The largest absolute Gasteiger partial charge is 0.365 e. The van der Waals surface area contributed by atoms with Crippen molar-refractivity contribution in [2.75, 3.05) is 14.1 Å². The number of nitrogens with zero attached hydrogens (tertiary/aromatic N) is 2. The van der Waals surface area contributed by atoms with Gasteiger partial charge >= 0.3 is 0 Å². The van der Waals surface area contributed by atoms with Gasteiger partial charge in [-0.2, -0.15) is 5.10 Å². The van der Waals surface area contributed by atoms with Crippen molar-refractivity contribution in [2.45, 2.75) is 25.9 Å². The van der Waals surface area contributed by atoms with E-state index < -0.39 is 5.66 Å². The van der Waals surface area contributed by atoms with Crippen LogP contribution in [0.25, 0.3) is 0 Å². The minimum Gasteiger partial charge on any atom is -0.365 e. The van der Waals surface area contributed by atoms with Crippen LogP contribution >= 0.6 is 24.4 Å². The molecular formula is C9H18N6S2. The molecule has 1 aliphatic heterocycles. The highest BCUT2D eigenvalue weighted by molar-refractivity contribution is 7.80. The Morgan fingerprint density at radius 1 is 1.35 bits per heavy atom. The second-order valence-electron chi connectivity index (χ2n) is 3.98. The molecule has 4 N–H and O–H groups in total. The van der Waals surface area contributed by atoms with Crippen LogP contribution in [-0.4, -0.2) is 40.7 Å². The lowest BCUT2D eigenvalue weighted by Crippen LogP contribution is -2.62. The van der Waals surface area contributed by atoms with Crippen molar-refractivity contribution < 1.29 is 0 Å². The third-order valence-corrected chi connectivity index (χ3v) is 3.10. The molecule has 1 heterocycles. The molecule has 0 spiro atoms. The number of hydrogen-bond donors (Lipinski definition) is 4. The highest BCUT2D eigenvalue weighted by Crippen LogP contribution is 2.24. The third-order valence-electron chi connectivity index (χ3n) is 2.42. The summed E-state index contributed by atoms with van der Waals surface area (Å²) in [5.74, 6) is 0. The zero-order valence-electron chi connectivity index (χ0n) is 10.4. The molecule has 0 aromatic rings. The van der Waals surface area contributed by atoms with Gasteiger partial charge in [-0.15, -0.1) is 0 Å². The fraction of sp³-hybridized carbons (Fsp3) is 0.667. The monoisotopic (exact) mass is 274 g/mol. The summed E-state index contributed by atoms with van der Waals surface area (Å²) in [6.07, 6.45) is 0.758. The lowest BCUT2D eigenvalue weighted by atomic mass is 10.1. The van der Waals surface area contributed by atoms with E-state index >= 15 is 0 Å². The standard InChI is InChI=1S/C9H18N6S2/c1-6-5-9(2,14-12-7(16)10-3)15(13-6)8(17)11-4/h14H,5H2,1-4H3,(H,11,17)(H2,10,12,16). The van der Waals surface area contributed by atoms with Crippen molar-refractivity contribution in [1.29, 1.82) is 0 Å². The van der Waals surface area contributed by atoms with Crippen LogP contribution in [0.5, 0.6) is 0 Å². The predicted octanol–water partition coefficient (Wildman–Crippen LogP) is -0.113. The molecule has 0 saturated heterocycles. The molecule has 0 bridgehead atoms. The molecule has 8 heteroatoms. The number of hydrazine groups is 1. The Morgan fingerprint density at radius 3 is 2.53 bits per heavy atom. The van der Waals surface area contributed by atoms with Gasteiger partial charge in [0.1, 0.15) is 5.66 Å². The van der Waals surface area contributed by atoms with Crippen molar-refractivity contribution in [2.24, 2.45) is 5.10 Å². The van der Waals surface area contributed by atoms with E-state index in [0.29, 0.717) is 10.2 Å². The molecule has 96 valence electrons. The fourth-order valence-electron chi connectivity index (χ4n) is 1.62. The van der Waals surface area contributed by atoms with E-state index in [1.807, 2.05) is 13.8 Å². The van der Waals surface area contributed by atoms with Gasteiger partial charge in [0.25, 0.3) is 0 Å². The SMILES string of the molecule is CNC(=S)NNC1(C)CC(C)=NN1C(=S)NC. The van der Waals surface area contributed by atoms with E-state index in [0.717, 1.165) is 12.1 Å². The molecule has 1 aliphatic rings. The number of hydrazone groups is 1. The first-order valence-electron chi connectivity index (χ1n) is 5.24. The van der Waals surface area contributed by atoms with E-state index in [2.05, 4.69) is 26.6 Å². The van der Waals surface area contributed by atoms with E-state index in [9.17, 15) is 0 Å². The number of thiocarbonyl (C=S) groups is 2. The smallest absolute Gasteiger partial charge is 0.191 e. The number of rotatable bonds is 2. The number of hydrogen-bond acceptors (Lipinski definition) is 4. The Hall–Kier alpha value is -0.990. The number of nitrogens with one attached hydrogen (secondary N) is 4. The van der Waals surface area contributed by atoms with Crippen LogP contribution in [0.15, 0.2) is 5.10 Å². The second-order valence-corrected chi connectivity index (χ2v) is 4.78. The fourth-order valence-corrected chi connectivity index (χ4v) is 1.91. The maximum atomic E-state index is 5.22. The first-order chi connectivity index (χ1) is 7.92. The van der Waals surface area contributed by atoms with Crippen molar-refractivity contribution in [3.05, 3.63) is 0 Å². The summed E-state index contributed by atoms with van der Waals surface area (Å²) in [5, 5.41) is 13.0. The van der Waals surface area contributed by atoms with Gasteiger partial charge in [0.2, 0.25) is 0 Å². The summed E-state index contributed by atoms with van der Waals surface area (Å²) in [5.41, 5.74) is 6.63. The summed E-state index contributed by atoms with van der Waals surface area (Å²) in [6.45, 7) is 3.97. The van der Waals surface area contributed by atoms with Gasteiger partial charge in [-0.3, -0.25) is 5.43 Å². The van der Waals surface area contributed by atoms with E-state index in [-0.39, 0.29) is 0 Å². The van der Waals surface area contributed by atoms with Gasteiger partial charge in [-0.1, -0.05) is 0 Å². The Balaban J connectivity index is 2.73. The van der Waals surface area contributed by atoms with Crippen LogP contribution in [0.3, 0.4) is 0 Å². The highest BCUT2D eigenvalue weighted by atomic mass is 32.1. The normalized spacial score (nSPS) is 23.1. The van der Waals surface area contributed by atoms with E-state index in [4.69, 9.17) is 24.4 Å². The van der Waals surface area contributed by atoms with Gasteiger partial charge in [0.05, 0.1) is 0 Å². The molecule has 1 atom stereocenters. The third kappa shape index (κ3) is 3.24. The van der Waals surface area contributed by atoms with Gasteiger partial charge in [-0.05, 0) is 38.3 Å². The molecule has 1 unspecified atom stereocenters. The first-order valence-corrected chi connectivity index (χ1v) is 6.05. The second kappa shape index (κ2) is 5.56. The Kier molecular flexibility index (Phi) is 4.61. The lowest BCUT2D eigenvalue weighted by molar-refractivity contribution is 0.168. The van der Waals surface area contributed by atoms with Gasteiger partial charge < -0.3 is 10.6 Å². The minimum atomic E-state index is -0.426.